The molecule has 0 aliphatic heterocycles. The summed E-state index contributed by atoms with van der Waals surface area (Å²) in [6, 6.07) is 2.89. The number of carbonyl (C=O) groups is 1. The maximum absolute atomic E-state index is 10.9. The fraction of sp³-hybridized carbons (Fsp3) is 0. The molecular weight excluding hydrogens is 234 g/mol. The molecule has 3 aromatic heterocycles. The molecule has 0 bridgehead atoms. The molecule has 0 amide bonds. The van der Waals surface area contributed by atoms with Crippen LogP contribution in [0.2, 0.25) is 0 Å². The highest BCUT2D eigenvalue weighted by Gasteiger charge is 2.11. The Balaban J connectivity index is 2.23. The molecule has 0 fully saturated rings. The Bertz CT molecular complexity index is 737. The number of aromatic amines is 1. The Kier molecular flexibility index (Phi) is 2.23. The topological polar surface area (TPSA) is 105 Å². The van der Waals surface area contributed by atoms with Crippen LogP contribution in [0.1, 0.15) is 10.4 Å². The van der Waals surface area contributed by atoms with E-state index in [0.29, 0.717) is 22.6 Å². The van der Waals surface area contributed by atoms with Gasteiger partial charge in [0.2, 0.25) is 0 Å². The number of hydrogen-bond acceptors (Lipinski definition) is 5. The van der Waals surface area contributed by atoms with Gasteiger partial charge in [-0.2, -0.15) is 0 Å². The zero-order valence-corrected chi connectivity index (χ0v) is 9.03. The van der Waals surface area contributed by atoms with Crippen molar-refractivity contribution in [3.63, 3.8) is 0 Å². The van der Waals surface area contributed by atoms with Crippen LogP contribution in [0.4, 0.5) is 0 Å². The molecule has 0 aliphatic carbocycles. The first-order valence-corrected chi connectivity index (χ1v) is 5.09. The number of fused-ring (bicyclic) bond motifs is 1. The molecule has 18 heavy (non-hydrogen) atoms. The lowest BCUT2D eigenvalue weighted by Gasteiger charge is -2.01. The van der Waals surface area contributed by atoms with Gasteiger partial charge < -0.3 is 10.1 Å². The van der Waals surface area contributed by atoms with Crippen molar-refractivity contribution in [2.24, 2.45) is 0 Å². The van der Waals surface area contributed by atoms with Gasteiger partial charge in [0.25, 0.3) is 0 Å². The number of carboxylic acid groups (broad SMARTS) is 1. The van der Waals surface area contributed by atoms with Crippen LogP contribution in [0.25, 0.3) is 22.6 Å². The van der Waals surface area contributed by atoms with Gasteiger partial charge in [-0.3, -0.25) is 4.98 Å². The van der Waals surface area contributed by atoms with Crippen molar-refractivity contribution >= 4 is 17.1 Å². The zero-order valence-electron chi connectivity index (χ0n) is 9.03. The van der Waals surface area contributed by atoms with Crippen molar-refractivity contribution in [3.8, 4) is 11.4 Å². The van der Waals surface area contributed by atoms with Crippen molar-refractivity contribution < 1.29 is 9.90 Å². The van der Waals surface area contributed by atoms with Crippen LogP contribution in [0.15, 0.2) is 31.0 Å². The molecular formula is C11H7N5O2. The first kappa shape index (κ1) is 10.3. The van der Waals surface area contributed by atoms with Crippen molar-refractivity contribution in [1.82, 2.24) is 24.9 Å². The SMILES string of the molecule is O=C(O)c1ccnc(-c2ncnc3nc[nH]c23)c1. The van der Waals surface area contributed by atoms with Gasteiger partial charge in [0.15, 0.2) is 5.65 Å². The summed E-state index contributed by atoms with van der Waals surface area (Å²) < 4.78 is 0. The molecule has 2 N–H and O–H groups in total. The molecule has 0 aliphatic rings. The number of nitrogens with one attached hydrogen (secondary N) is 1. The van der Waals surface area contributed by atoms with E-state index < -0.39 is 5.97 Å². The number of rotatable bonds is 2. The van der Waals surface area contributed by atoms with E-state index in [9.17, 15) is 4.79 Å². The Morgan fingerprint density at radius 2 is 2.11 bits per heavy atom. The Morgan fingerprint density at radius 1 is 1.22 bits per heavy atom. The van der Waals surface area contributed by atoms with Gasteiger partial charge in [-0.05, 0) is 12.1 Å². The van der Waals surface area contributed by atoms with Gasteiger partial charge in [0, 0.05) is 6.20 Å². The third-order valence-electron chi connectivity index (χ3n) is 2.47. The molecule has 3 heterocycles. The summed E-state index contributed by atoms with van der Waals surface area (Å²) in [5.74, 6) is -1.01. The molecule has 0 saturated heterocycles. The molecule has 3 aromatic rings. The second kappa shape index (κ2) is 3.88. The van der Waals surface area contributed by atoms with Gasteiger partial charge >= 0.3 is 5.97 Å². The minimum atomic E-state index is -1.01. The third kappa shape index (κ3) is 1.58. The van der Waals surface area contributed by atoms with Gasteiger partial charge in [0.1, 0.15) is 17.5 Å². The van der Waals surface area contributed by atoms with Crippen LogP contribution in [-0.4, -0.2) is 36.0 Å². The highest BCUT2D eigenvalue weighted by molar-refractivity contribution is 5.91. The van der Waals surface area contributed by atoms with Gasteiger partial charge in [-0.15, -0.1) is 0 Å². The second-order valence-electron chi connectivity index (χ2n) is 3.56. The van der Waals surface area contributed by atoms with Crippen LogP contribution >= 0.6 is 0 Å². The predicted octanol–water partition coefficient (Wildman–Crippen LogP) is 1.11. The first-order chi connectivity index (χ1) is 8.75. The van der Waals surface area contributed by atoms with E-state index in [1.807, 2.05) is 0 Å². The van der Waals surface area contributed by atoms with Crippen LogP contribution in [-0.2, 0) is 0 Å². The lowest BCUT2D eigenvalue weighted by molar-refractivity contribution is 0.0697. The van der Waals surface area contributed by atoms with Gasteiger partial charge in [-0.1, -0.05) is 0 Å². The van der Waals surface area contributed by atoms with Crippen molar-refractivity contribution in [2.45, 2.75) is 0 Å². The predicted molar refractivity (Wildman–Crippen MR) is 61.9 cm³/mol. The van der Waals surface area contributed by atoms with E-state index in [4.69, 9.17) is 5.11 Å². The summed E-state index contributed by atoms with van der Waals surface area (Å²) in [6.07, 6.45) is 4.31. The average molecular weight is 241 g/mol. The summed E-state index contributed by atoms with van der Waals surface area (Å²) in [7, 11) is 0. The van der Waals surface area contributed by atoms with Crippen LogP contribution in [0.3, 0.4) is 0 Å². The zero-order chi connectivity index (χ0) is 12.5. The lowest BCUT2D eigenvalue weighted by atomic mass is 10.2. The minimum Gasteiger partial charge on any atom is -0.478 e. The molecule has 0 atom stereocenters. The van der Waals surface area contributed by atoms with Crippen molar-refractivity contribution in [3.05, 3.63) is 36.5 Å². The third-order valence-corrected chi connectivity index (χ3v) is 2.47. The number of nitrogens with zero attached hydrogens (tertiary/aromatic N) is 4. The average Bonchev–Trinajstić information content (AvgIpc) is 2.87. The van der Waals surface area contributed by atoms with Crippen molar-refractivity contribution in [1.29, 1.82) is 0 Å². The summed E-state index contributed by atoms with van der Waals surface area (Å²) in [4.78, 5) is 30.1. The van der Waals surface area contributed by atoms with Crippen LogP contribution < -0.4 is 0 Å². The molecule has 3 rings (SSSR count). The number of carboxylic acids is 1. The molecule has 7 nitrogen and oxygen atoms in total. The van der Waals surface area contributed by atoms with Crippen LogP contribution in [0.5, 0.6) is 0 Å². The molecule has 0 saturated carbocycles. The summed E-state index contributed by atoms with van der Waals surface area (Å²) in [5, 5.41) is 8.95. The molecule has 7 heteroatoms. The van der Waals surface area contributed by atoms with Crippen LogP contribution in [0, 0.1) is 0 Å². The number of imidazole rings is 1. The number of pyridine rings is 1. The lowest BCUT2D eigenvalue weighted by Crippen LogP contribution is -1.98. The molecule has 88 valence electrons. The fourth-order valence-electron chi connectivity index (χ4n) is 1.65. The number of H-pyrrole nitrogens is 1. The quantitative estimate of drug-likeness (QED) is 0.696. The number of aromatic nitrogens is 5. The van der Waals surface area contributed by atoms with E-state index in [0.717, 1.165) is 0 Å². The largest absolute Gasteiger partial charge is 0.478 e. The normalized spacial score (nSPS) is 10.7. The minimum absolute atomic E-state index is 0.159. The van der Waals surface area contributed by atoms with Gasteiger partial charge in [-0.25, -0.2) is 19.7 Å². The van der Waals surface area contributed by atoms with Gasteiger partial charge in [0.05, 0.1) is 17.6 Å². The highest BCUT2D eigenvalue weighted by Crippen LogP contribution is 2.21. The van der Waals surface area contributed by atoms with E-state index in [-0.39, 0.29) is 5.56 Å². The summed E-state index contributed by atoms with van der Waals surface area (Å²) in [6.45, 7) is 0. The van der Waals surface area contributed by atoms with E-state index in [1.165, 1.54) is 31.0 Å². The Labute approximate surface area is 101 Å². The second-order valence-corrected chi connectivity index (χ2v) is 3.56. The van der Waals surface area contributed by atoms with E-state index in [2.05, 4.69) is 24.9 Å². The highest BCUT2D eigenvalue weighted by atomic mass is 16.4. The smallest absolute Gasteiger partial charge is 0.335 e. The van der Waals surface area contributed by atoms with E-state index >= 15 is 0 Å². The number of hydrogen-bond donors (Lipinski definition) is 2. The monoisotopic (exact) mass is 241 g/mol. The summed E-state index contributed by atoms with van der Waals surface area (Å²) >= 11 is 0. The Hall–Kier alpha value is -2.83. The van der Waals surface area contributed by atoms with Crippen molar-refractivity contribution in [2.75, 3.05) is 0 Å². The molecule has 0 radical (unpaired) electrons. The maximum Gasteiger partial charge on any atom is 0.335 e. The Morgan fingerprint density at radius 3 is 2.94 bits per heavy atom. The maximum atomic E-state index is 10.9. The molecule has 0 unspecified atom stereocenters. The summed E-state index contributed by atoms with van der Waals surface area (Å²) in [5.41, 5.74) is 2.30. The standard InChI is InChI=1S/C11H7N5O2/c17-11(18)6-1-2-12-7(3-6)8-9-10(15-4-13-8)16-5-14-9/h1-5H,(H,17,18)(H,13,14,15,16). The number of aromatic carboxylic acids is 1. The fourth-order valence-corrected chi connectivity index (χ4v) is 1.65. The first-order valence-electron chi connectivity index (χ1n) is 5.09. The molecule has 0 aromatic carbocycles. The van der Waals surface area contributed by atoms with E-state index in [1.54, 1.807) is 0 Å². The molecule has 0 spiro atoms.